The number of likely N-dealkylation sites (tertiary alicyclic amines) is 1. The summed E-state index contributed by atoms with van der Waals surface area (Å²) in [6.07, 6.45) is 2.14. The molecule has 1 aliphatic heterocycles. The number of hydrogen-bond donors (Lipinski definition) is 0. The molecule has 6 nitrogen and oxygen atoms in total. The largest absolute Gasteiger partial charge is 0.452 e. The first kappa shape index (κ1) is 20.5. The molecule has 0 radical (unpaired) electrons. The van der Waals surface area contributed by atoms with E-state index in [4.69, 9.17) is 9.26 Å². The number of ether oxygens (including phenoxy) is 1. The summed E-state index contributed by atoms with van der Waals surface area (Å²) in [5.41, 5.74) is 2.35. The van der Waals surface area contributed by atoms with E-state index in [1.165, 1.54) is 11.8 Å². The van der Waals surface area contributed by atoms with Crippen molar-refractivity contribution in [2.24, 2.45) is 5.92 Å². The Kier molecular flexibility index (Phi) is 6.78. The van der Waals surface area contributed by atoms with Crippen LogP contribution in [-0.4, -0.2) is 41.6 Å². The lowest BCUT2D eigenvalue weighted by molar-refractivity contribution is -0.136. The molecule has 150 valence electrons. The first-order valence-corrected chi connectivity index (χ1v) is 10.5. The number of aromatic nitrogens is 1. The predicted octanol–water partition coefficient (Wildman–Crippen LogP) is 4.00. The summed E-state index contributed by atoms with van der Waals surface area (Å²) >= 11 is 1.53. The Labute approximate surface area is 169 Å². The second-order valence-corrected chi connectivity index (χ2v) is 8.27. The Morgan fingerprint density at radius 3 is 2.82 bits per heavy atom. The molecule has 0 unspecified atom stereocenters. The third-order valence-corrected chi connectivity index (χ3v) is 6.10. The van der Waals surface area contributed by atoms with Crippen LogP contribution in [0.5, 0.6) is 0 Å². The highest BCUT2D eigenvalue weighted by molar-refractivity contribution is 7.98. The van der Waals surface area contributed by atoms with Crippen LogP contribution in [0.1, 0.15) is 47.1 Å². The Morgan fingerprint density at radius 2 is 2.11 bits per heavy atom. The monoisotopic (exact) mass is 402 g/mol. The molecular weight excluding hydrogens is 376 g/mol. The zero-order valence-corrected chi connectivity index (χ0v) is 17.4. The second-order valence-electron chi connectivity index (χ2n) is 7.25. The fraction of sp³-hybridized carbons (Fsp3) is 0.476. The molecular formula is C21H26N2O4S. The molecule has 0 spiro atoms. The van der Waals surface area contributed by atoms with E-state index in [-0.39, 0.29) is 12.5 Å². The quantitative estimate of drug-likeness (QED) is 0.537. The lowest BCUT2D eigenvalue weighted by Gasteiger charge is -2.30. The zero-order valence-electron chi connectivity index (χ0n) is 16.6. The first-order valence-electron chi connectivity index (χ1n) is 9.54. The molecule has 3 rings (SSSR count). The summed E-state index contributed by atoms with van der Waals surface area (Å²) in [7, 11) is 0. The molecule has 0 bridgehead atoms. The van der Waals surface area contributed by atoms with E-state index in [1.807, 2.05) is 26.0 Å². The van der Waals surface area contributed by atoms with Crippen molar-refractivity contribution in [1.82, 2.24) is 10.1 Å². The van der Waals surface area contributed by atoms with Crippen molar-refractivity contribution in [2.75, 3.05) is 19.7 Å². The second kappa shape index (κ2) is 9.28. The number of amides is 1. The van der Waals surface area contributed by atoms with Gasteiger partial charge in [-0.05, 0) is 44.7 Å². The van der Waals surface area contributed by atoms with E-state index >= 15 is 0 Å². The van der Waals surface area contributed by atoms with Crippen molar-refractivity contribution in [3.63, 3.8) is 0 Å². The number of thioether (sulfide) groups is 1. The number of carbonyl (C=O) groups excluding carboxylic acids is 2. The van der Waals surface area contributed by atoms with Crippen LogP contribution in [0.2, 0.25) is 0 Å². The predicted molar refractivity (Wildman–Crippen MR) is 107 cm³/mol. The van der Waals surface area contributed by atoms with Gasteiger partial charge >= 0.3 is 5.97 Å². The molecule has 1 aromatic heterocycles. The SMILES string of the molecule is Cc1noc(C)c1CSc1ccccc1C(=O)OCC(=O)N1CCC[C@H](C)C1. The van der Waals surface area contributed by atoms with Crippen molar-refractivity contribution in [1.29, 1.82) is 0 Å². The molecule has 28 heavy (non-hydrogen) atoms. The molecule has 1 aliphatic rings. The van der Waals surface area contributed by atoms with Gasteiger partial charge in [-0.3, -0.25) is 4.79 Å². The first-order chi connectivity index (χ1) is 13.5. The van der Waals surface area contributed by atoms with Gasteiger partial charge in [0.15, 0.2) is 6.61 Å². The van der Waals surface area contributed by atoms with Gasteiger partial charge in [0.25, 0.3) is 5.91 Å². The summed E-state index contributed by atoms with van der Waals surface area (Å²) in [5.74, 6) is 1.33. The lowest BCUT2D eigenvalue weighted by Crippen LogP contribution is -2.41. The minimum atomic E-state index is -0.472. The molecule has 2 heterocycles. The number of piperidine rings is 1. The Bertz CT molecular complexity index is 829. The molecule has 1 fully saturated rings. The molecule has 1 atom stereocenters. The normalized spacial score (nSPS) is 16.8. The highest BCUT2D eigenvalue weighted by Gasteiger charge is 2.23. The maximum Gasteiger partial charge on any atom is 0.339 e. The van der Waals surface area contributed by atoms with Crippen LogP contribution in [0.25, 0.3) is 0 Å². The smallest absolute Gasteiger partial charge is 0.339 e. The average molecular weight is 403 g/mol. The van der Waals surface area contributed by atoms with Crippen molar-refractivity contribution in [2.45, 2.75) is 44.3 Å². The van der Waals surface area contributed by atoms with Crippen LogP contribution in [-0.2, 0) is 15.3 Å². The molecule has 1 aromatic carbocycles. The Morgan fingerprint density at radius 1 is 1.32 bits per heavy atom. The number of hydrogen-bond acceptors (Lipinski definition) is 6. The highest BCUT2D eigenvalue weighted by atomic mass is 32.2. The molecule has 1 amide bonds. The van der Waals surface area contributed by atoms with Gasteiger partial charge in [0, 0.05) is 29.3 Å². The fourth-order valence-corrected chi connectivity index (χ4v) is 4.52. The third-order valence-electron chi connectivity index (χ3n) is 5.00. The maximum atomic E-state index is 12.6. The maximum absolute atomic E-state index is 12.6. The van der Waals surface area contributed by atoms with Crippen LogP contribution >= 0.6 is 11.8 Å². The number of rotatable bonds is 6. The molecule has 2 aromatic rings. The van der Waals surface area contributed by atoms with Crippen molar-refractivity contribution in [3.8, 4) is 0 Å². The van der Waals surface area contributed by atoms with Crippen LogP contribution in [0.3, 0.4) is 0 Å². The minimum Gasteiger partial charge on any atom is -0.452 e. The molecule has 0 aliphatic carbocycles. The zero-order chi connectivity index (χ0) is 20.1. The van der Waals surface area contributed by atoms with E-state index in [2.05, 4.69) is 12.1 Å². The lowest BCUT2D eigenvalue weighted by atomic mass is 10.0. The summed E-state index contributed by atoms with van der Waals surface area (Å²) in [6, 6.07) is 7.29. The minimum absolute atomic E-state index is 0.124. The van der Waals surface area contributed by atoms with Crippen molar-refractivity contribution >= 4 is 23.6 Å². The number of esters is 1. The number of nitrogens with zero attached hydrogens (tertiary/aromatic N) is 2. The van der Waals surface area contributed by atoms with Gasteiger partial charge < -0.3 is 14.2 Å². The topological polar surface area (TPSA) is 72.6 Å². The number of aryl methyl sites for hydroxylation is 2. The van der Waals surface area contributed by atoms with Gasteiger partial charge in [-0.2, -0.15) is 0 Å². The third kappa shape index (κ3) is 4.95. The highest BCUT2D eigenvalue weighted by Crippen LogP contribution is 2.29. The summed E-state index contributed by atoms with van der Waals surface area (Å²) in [4.78, 5) is 27.5. The van der Waals surface area contributed by atoms with Crippen LogP contribution in [0.4, 0.5) is 0 Å². The molecule has 7 heteroatoms. The molecule has 0 N–H and O–H groups in total. The number of carbonyl (C=O) groups is 2. The summed E-state index contributed by atoms with van der Waals surface area (Å²) in [5, 5.41) is 3.96. The number of benzene rings is 1. The molecule has 0 saturated carbocycles. The van der Waals surface area contributed by atoms with Gasteiger partial charge in [-0.15, -0.1) is 11.8 Å². The van der Waals surface area contributed by atoms with Gasteiger partial charge in [0.2, 0.25) is 0 Å². The van der Waals surface area contributed by atoms with Crippen LogP contribution in [0, 0.1) is 19.8 Å². The van der Waals surface area contributed by atoms with E-state index in [1.54, 1.807) is 17.0 Å². The average Bonchev–Trinajstić information content (AvgIpc) is 3.02. The summed E-state index contributed by atoms with van der Waals surface area (Å²) < 4.78 is 10.5. The van der Waals surface area contributed by atoms with Gasteiger partial charge in [-0.1, -0.05) is 24.2 Å². The van der Waals surface area contributed by atoms with E-state index in [0.717, 1.165) is 47.8 Å². The van der Waals surface area contributed by atoms with Gasteiger partial charge in [-0.25, -0.2) is 4.79 Å². The standard InChI is InChI=1S/C21H26N2O4S/c1-14-7-6-10-23(11-14)20(24)12-26-21(25)17-8-4-5-9-19(17)28-13-18-15(2)22-27-16(18)3/h4-5,8-9,14H,6-7,10-13H2,1-3H3/t14-/m0/s1. The summed E-state index contributed by atoms with van der Waals surface area (Å²) in [6.45, 7) is 7.18. The van der Waals surface area contributed by atoms with Gasteiger partial charge in [0.1, 0.15) is 5.76 Å². The van der Waals surface area contributed by atoms with E-state index in [9.17, 15) is 9.59 Å². The van der Waals surface area contributed by atoms with E-state index < -0.39 is 5.97 Å². The van der Waals surface area contributed by atoms with Crippen molar-refractivity contribution < 1.29 is 18.8 Å². The fourth-order valence-electron chi connectivity index (χ4n) is 3.33. The Balaban J connectivity index is 1.60. The van der Waals surface area contributed by atoms with Crippen LogP contribution < -0.4 is 0 Å². The Hall–Kier alpha value is -2.28. The van der Waals surface area contributed by atoms with E-state index in [0.29, 0.717) is 17.2 Å². The van der Waals surface area contributed by atoms with Crippen molar-refractivity contribution in [3.05, 3.63) is 46.8 Å². The molecule has 1 saturated heterocycles. The van der Waals surface area contributed by atoms with Crippen LogP contribution in [0.15, 0.2) is 33.7 Å². The van der Waals surface area contributed by atoms with Gasteiger partial charge in [0.05, 0.1) is 11.3 Å².